The van der Waals surface area contributed by atoms with Gasteiger partial charge in [-0.2, -0.15) is 13.2 Å². The summed E-state index contributed by atoms with van der Waals surface area (Å²) in [6.07, 6.45) is 4.99. The first-order chi connectivity index (χ1) is 21.1. The van der Waals surface area contributed by atoms with E-state index >= 15 is 0 Å². The third kappa shape index (κ3) is 6.68. The number of carbonyl (C=O) groups excluding carboxylic acids is 1. The van der Waals surface area contributed by atoms with E-state index in [1.807, 2.05) is 17.2 Å². The number of aliphatic imine (C=N–C) groups is 1. The minimum Gasteiger partial charge on any atom is -0.481 e. The zero-order chi connectivity index (χ0) is 30.9. The molecule has 1 aromatic heterocycles. The number of hydrogen-bond acceptors (Lipinski definition) is 7. The monoisotopic (exact) mass is 608 g/mol. The lowest BCUT2D eigenvalue weighted by atomic mass is 9.81. The minimum atomic E-state index is -4.33. The molecule has 2 aromatic rings. The van der Waals surface area contributed by atoms with Crippen LogP contribution in [0.1, 0.15) is 42.9 Å². The first kappa shape index (κ1) is 30.3. The lowest BCUT2D eigenvalue weighted by Crippen LogP contribution is -2.51. The number of rotatable bonds is 7. The maximum Gasteiger partial charge on any atom is 0.416 e. The van der Waals surface area contributed by atoms with Crippen molar-refractivity contribution in [1.82, 2.24) is 25.0 Å². The van der Waals surface area contributed by atoms with Crippen LogP contribution in [0.15, 0.2) is 71.0 Å². The molecule has 0 radical (unpaired) electrons. The standard InChI is InChI=1S/C33H39F3N6O2/c1-32-12-9-26(25-10-13-40(14-11-25)22-24-5-8-29(44-2)37-20-24)19-28(32)38-30(39-32)31(43)42-17-15-41(16-18-42)21-23-3-6-27(7-4-23)33(34,35)36/h3-9,19-20,25H,10-18,21-22H2,1-2H3,(H,38,39). The zero-order valence-electron chi connectivity index (χ0n) is 25.2. The Morgan fingerprint density at radius 3 is 2.27 bits per heavy atom. The Hall–Kier alpha value is -3.70. The lowest BCUT2D eigenvalue weighted by molar-refractivity contribution is -0.137. The van der Waals surface area contributed by atoms with Crippen LogP contribution < -0.4 is 10.1 Å². The molecule has 8 nitrogen and oxygen atoms in total. The second-order valence-electron chi connectivity index (χ2n) is 12.3. The number of piperazine rings is 1. The summed E-state index contributed by atoms with van der Waals surface area (Å²) < 4.78 is 43.8. The molecule has 1 N–H and O–H groups in total. The van der Waals surface area contributed by atoms with Gasteiger partial charge < -0.3 is 15.0 Å². The van der Waals surface area contributed by atoms with E-state index in [2.05, 4.69) is 45.2 Å². The van der Waals surface area contributed by atoms with Gasteiger partial charge in [0.2, 0.25) is 5.88 Å². The molecule has 1 unspecified atom stereocenters. The Morgan fingerprint density at radius 1 is 0.977 bits per heavy atom. The van der Waals surface area contributed by atoms with Crippen molar-refractivity contribution in [3.63, 3.8) is 0 Å². The van der Waals surface area contributed by atoms with Gasteiger partial charge in [-0.15, -0.1) is 0 Å². The molecule has 3 aliphatic heterocycles. The van der Waals surface area contributed by atoms with E-state index in [1.54, 1.807) is 7.11 Å². The van der Waals surface area contributed by atoms with Gasteiger partial charge in [-0.1, -0.05) is 24.3 Å². The largest absolute Gasteiger partial charge is 0.481 e. The predicted molar refractivity (Wildman–Crippen MR) is 162 cm³/mol. The number of amidine groups is 1. The number of methoxy groups -OCH3 is 1. The molecule has 11 heteroatoms. The van der Waals surface area contributed by atoms with Crippen LogP contribution in [-0.4, -0.2) is 83.3 Å². The van der Waals surface area contributed by atoms with Crippen LogP contribution in [0.2, 0.25) is 0 Å². The Kier molecular flexibility index (Phi) is 8.52. The zero-order valence-corrected chi connectivity index (χ0v) is 25.2. The fraction of sp³-hybridized carbons (Fsp3) is 0.485. The number of amides is 1. The first-order valence-electron chi connectivity index (χ1n) is 15.3. The molecular formula is C33H39F3N6O2. The highest BCUT2D eigenvalue weighted by Crippen LogP contribution is 2.38. The molecule has 2 fully saturated rings. The molecule has 6 rings (SSSR count). The third-order valence-corrected chi connectivity index (χ3v) is 9.26. The van der Waals surface area contributed by atoms with E-state index in [1.165, 1.54) is 23.3 Å². The summed E-state index contributed by atoms with van der Waals surface area (Å²) in [5.74, 6) is 1.41. The smallest absolute Gasteiger partial charge is 0.416 e. The summed E-state index contributed by atoms with van der Waals surface area (Å²) >= 11 is 0. The van der Waals surface area contributed by atoms with Crippen LogP contribution in [0, 0.1) is 5.92 Å². The highest BCUT2D eigenvalue weighted by Gasteiger charge is 2.41. The number of alkyl halides is 3. The lowest BCUT2D eigenvalue weighted by Gasteiger charge is -2.35. The van der Waals surface area contributed by atoms with E-state index < -0.39 is 17.3 Å². The van der Waals surface area contributed by atoms with Gasteiger partial charge in [0.1, 0.15) is 5.54 Å². The minimum absolute atomic E-state index is 0.0985. The fourth-order valence-electron chi connectivity index (χ4n) is 6.50. The second-order valence-corrected chi connectivity index (χ2v) is 12.3. The summed E-state index contributed by atoms with van der Waals surface area (Å²) in [6.45, 7) is 7.95. The number of pyridine rings is 1. The summed E-state index contributed by atoms with van der Waals surface area (Å²) in [5.41, 5.74) is 3.23. The molecule has 1 amide bonds. The van der Waals surface area contributed by atoms with Gasteiger partial charge in [-0.05, 0) is 80.1 Å². The molecule has 2 saturated heterocycles. The van der Waals surface area contributed by atoms with Gasteiger partial charge in [0, 0.05) is 57.2 Å². The van der Waals surface area contributed by atoms with Crippen LogP contribution in [0.5, 0.6) is 5.88 Å². The van der Waals surface area contributed by atoms with Gasteiger partial charge in [0.25, 0.3) is 5.91 Å². The number of allylic oxidation sites excluding steroid dienone is 2. The number of carbonyl (C=O) groups is 1. The van der Waals surface area contributed by atoms with Gasteiger partial charge in [-0.25, -0.2) is 4.98 Å². The van der Waals surface area contributed by atoms with Crippen LogP contribution in [0.3, 0.4) is 0 Å². The van der Waals surface area contributed by atoms with Crippen molar-refractivity contribution in [2.24, 2.45) is 10.9 Å². The maximum atomic E-state index is 13.4. The molecule has 0 spiro atoms. The van der Waals surface area contributed by atoms with Crippen LogP contribution in [0.25, 0.3) is 0 Å². The molecule has 44 heavy (non-hydrogen) atoms. The normalized spacial score (nSPS) is 23.4. The third-order valence-electron chi connectivity index (χ3n) is 9.26. The van der Waals surface area contributed by atoms with E-state index in [-0.39, 0.29) is 5.91 Å². The molecular weight excluding hydrogens is 569 g/mol. The quantitative estimate of drug-likeness (QED) is 0.494. The SMILES string of the molecule is COc1ccc(CN2CCC(C3=CCC4(C)N=C(C(=O)N5CCN(Cc6ccc(C(F)(F)F)cc6)CC5)NC4=C3)CC2)cn1. The summed E-state index contributed by atoms with van der Waals surface area (Å²) in [7, 11) is 1.62. The van der Waals surface area contributed by atoms with Crippen molar-refractivity contribution >= 4 is 11.7 Å². The van der Waals surface area contributed by atoms with E-state index in [0.29, 0.717) is 50.4 Å². The second kappa shape index (κ2) is 12.4. The summed E-state index contributed by atoms with van der Waals surface area (Å²) in [4.78, 5) is 29.1. The molecule has 1 atom stereocenters. The number of hydrogen-bond donors (Lipinski definition) is 1. The van der Waals surface area contributed by atoms with Gasteiger partial charge in [0.05, 0.1) is 12.7 Å². The highest BCUT2D eigenvalue weighted by atomic mass is 19.4. The number of nitrogens with one attached hydrogen (secondary N) is 1. The van der Waals surface area contributed by atoms with Gasteiger partial charge in [0.15, 0.2) is 5.84 Å². The van der Waals surface area contributed by atoms with Gasteiger partial charge in [-0.3, -0.25) is 19.6 Å². The molecule has 1 aliphatic carbocycles. The Bertz CT molecular complexity index is 1440. The maximum absolute atomic E-state index is 13.4. The van der Waals surface area contributed by atoms with Crippen molar-refractivity contribution in [3.8, 4) is 5.88 Å². The summed E-state index contributed by atoms with van der Waals surface area (Å²) in [6, 6.07) is 9.28. The first-order valence-corrected chi connectivity index (χ1v) is 15.3. The molecule has 4 heterocycles. The number of benzene rings is 1. The number of piperidine rings is 1. The molecule has 1 aromatic carbocycles. The van der Waals surface area contributed by atoms with E-state index in [9.17, 15) is 18.0 Å². The number of aromatic nitrogens is 1. The van der Waals surface area contributed by atoms with Crippen molar-refractivity contribution < 1.29 is 22.7 Å². The average molecular weight is 609 g/mol. The average Bonchev–Trinajstić information content (AvgIpc) is 3.38. The molecule has 4 aliphatic rings. The van der Waals surface area contributed by atoms with Crippen molar-refractivity contribution in [1.29, 1.82) is 0 Å². The Morgan fingerprint density at radius 2 is 1.64 bits per heavy atom. The molecule has 0 bridgehead atoms. The Balaban J connectivity index is 0.985. The predicted octanol–water partition coefficient (Wildman–Crippen LogP) is 4.64. The Labute approximate surface area is 256 Å². The van der Waals surface area contributed by atoms with Gasteiger partial charge >= 0.3 is 6.18 Å². The van der Waals surface area contributed by atoms with Crippen molar-refractivity contribution in [3.05, 3.63) is 82.7 Å². The van der Waals surface area contributed by atoms with Crippen LogP contribution in [-0.2, 0) is 24.1 Å². The van der Waals surface area contributed by atoms with Crippen LogP contribution in [0.4, 0.5) is 13.2 Å². The number of ether oxygens (including phenoxy) is 1. The fourth-order valence-corrected chi connectivity index (χ4v) is 6.50. The van der Waals surface area contributed by atoms with E-state index in [0.717, 1.165) is 62.3 Å². The highest BCUT2D eigenvalue weighted by molar-refractivity contribution is 6.39. The number of nitrogens with zero attached hydrogens (tertiary/aromatic N) is 5. The topological polar surface area (TPSA) is 73.3 Å². The van der Waals surface area contributed by atoms with Crippen molar-refractivity contribution in [2.45, 2.75) is 51.0 Å². The summed E-state index contributed by atoms with van der Waals surface area (Å²) in [5, 5.41) is 3.36. The number of fused-ring (bicyclic) bond motifs is 1. The number of halogens is 3. The molecule has 234 valence electrons. The van der Waals surface area contributed by atoms with Crippen LogP contribution >= 0.6 is 0 Å². The van der Waals surface area contributed by atoms with Crippen molar-refractivity contribution in [2.75, 3.05) is 46.4 Å². The van der Waals surface area contributed by atoms with E-state index in [4.69, 9.17) is 9.73 Å². The number of likely N-dealkylation sites (tertiary alicyclic amines) is 1. The molecule has 0 saturated carbocycles.